The van der Waals surface area contributed by atoms with Crippen LogP contribution < -0.4 is 19.7 Å². The molecule has 0 aliphatic heterocycles. The predicted molar refractivity (Wildman–Crippen MR) is 251 cm³/mol. The van der Waals surface area contributed by atoms with Crippen LogP contribution in [0.4, 0.5) is 0 Å². The summed E-state index contributed by atoms with van der Waals surface area (Å²) in [4.78, 5) is 0. The molecule has 4 heteroatoms. The second-order valence-electron chi connectivity index (χ2n) is 18.3. The van der Waals surface area contributed by atoms with Gasteiger partial charge in [-0.25, -0.2) is 0 Å². The fourth-order valence-electron chi connectivity index (χ4n) is 8.42. The summed E-state index contributed by atoms with van der Waals surface area (Å²) in [5.41, 5.74) is 10.0. The van der Waals surface area contributed by atoms with Crippen LogP contribution in [0.1, 0.15) is 70.2 Å². The first kappa shape index (κ1) is 41.2. The minimum atomic E-state index is -0.198. The van der Waals surface area contributed by atoms with E-state index in [4.69, 9.17) is 9.47 Å². The SMILES string of the molecule is Cc1ccc2ccccc2c1-c1cc(C(C)(C)C)cc(-c2ccccc2OCCCOc2ccccc2-c2cc(C(C)(C)C)cc(-c3c(C)ccc4ccccc34)c2[O-])c1[O-]. The van der Waals surface area contributed by atoms with Crippen molar-refractivity contribution in [3.05, 3.63) is 168 Å². The van der Waals surface area contributed by atoms with Crippen molar-refractivity contribution in [1.82, 2.24) is 0 Å². The molecule has 308 valence electrons. The summed E-state index contributed by atoms with van der Waals surface area (Å²) >= 11 is 0. The number of para-hydroxylation sites is 2. The largest absolute Gasteiger partial charge is 0.872 e. The molecule has 0 saturated heterocycles. The van der Waals surface area contributed by atoms with Crippen LogP contribution in [-0.2, 0) is 10.8 Å². The molecule has 0 spiro atoms. The zero-order valence-electron chi connectivity index (χ0n) is 36.6. The Morgan fingerprint density at radius 3 is 1.18 bits per heavy atom. The third-order valence-electron chi connectivity index (χ3n) is 11.9. The van der Waals surface area contributed by atoms with E-state index in [1.54, 1.807) is 0 Å². The summed E-state index contributed by atoms with van der Waals surface area (Å²) in [7, 11) is 0. The van der Waals surface area contributed by atoms with Crippen LogP contribution in [0.15, 0.2) is 146 Å². The van der Waals surface area contributed by atoms with Crippen molar-refractivity contribution in [2.75, 3.05) is 13.2 Å². The number of ether oxygens (including phenoxy) is 2. The van der Waals surface area contributed by atoms with Crippen molar-refractivity contribution in [2.45, 2.75) is 72.6 Å². The molecule has 0 radical (unpaired) electrons. The average molecular weight is 803 g/mol. The molecular formula is C57H54O4-2. The summed E-state index contributed by atoms with van der Waals surface area (Å²) in [5, 5.41) is 33.7. The third-order valence-corrected chi connectivity index (χ3v) is 11.9. The van der Waals surface area contributed by atoms with Crippen molar-refractivity contribution in [1.29, 1.82) is 0 Å². The second-order valence-corrected chi connectivity index (χ2v) is 18.3. The number of aryl methyl sites for hydroxylation is 2. The van der Waals surface area contributed by atoms with Crippen molar-refractivity contribution in [3.63, 3.8) is 0 Å². The molecule has 0 atom stereocenters. The topological polar surface area (TPSA) is 64.6 Å². The zero-order valence-corrected chi connectivity index (χ0v) is 36.6. The molecule has 8 rings (SSSR count). The second kappa shape index (κ2) is 16.5. The Morgan fingerprint density at radius 1 is 0.410 bits per heavy atom. The molecule has 0 N–H and O–H groups in total. The van der Waals surface area contributed by atoms with Crippen LogP contribution in [0.3, 0.4) is 0 Å². The first-order chi connectivity index (χ1) is 29.2. The van der Waals surface area contributed by atoms with E-state index in [1.807, 2.05) is 84.9 Å². The molecular weight excluding hydrogens is 749 g/mol. The van der Waals surface area contributed by atoms with E-state index in [-0.39, 0.29) is 22.3 Å². The van der Waals surface area contributed by atoms with Gasteiger partial charge >= 0.3 is 0 Å². The van der Waals surface area contributed by atoms with Gasteiger partial charge < -0.3 is 19.7 Å². The van der Waals surface area contributed by atoms with Gasteiger partial charge in [-0.3, -0.25) is 0 Å². The minimum Gasteiger partial charge on any atom is -0.872 e. The summed E-state index contributed by atoms with van der Waals surface area (Å²) in [6.45, 7) is 18.0. The lowest BCUT2D eigenvalue weighted by Crippen LogP contribution is -2.13. The van der Waals surface area contributed by atoms with Crippen molar-refractivity contribution < 1.29 is 19.7 Å². The molecule has 61 heavy (non-hydrogen) atoms. The molecule has 4 nitrogen and oxygen atoms in total. The summed E-state index contributed by atoms with van der Waals surface area (Å²) in [6.07, 6.45) is 0.585. The molecule has 0 fully saturated rings. The van der Waals surface area contributed by atoms with Crippen LogP contribution in [-0.4, -0.2) is 13.2 Å². The maximum Gasteiger partial charge on any atom is 0.127 e. The van der Waals surface area contributed by atoms with Crippen LogP contribution >= 0.6 is 0 Å². The van der Waals surface area contributed by atoms with E-state index in [1.165, 1.54) is 0 Å². The first-order valence-electron chi connectivity index (χ1n) is 21.3. The molecule has 0 bridgehead atoms. The Labute approximate surface area is 361 Å². The van der Waals surface area contributed by atoms with E-state index in [9.17, 15) is 10.2 Å². The first-order valence-corrected chi connectivity index (χ1v) is 21.3. The van der Waals surface area contributed by atoms with Gasteiger partial charge in [-0.05, 0) is 114 Å². The van der Waals surface area contributed by atoms with Gasteiger partial charge in [-0.1, -0.05) is 187 Å². The van der Waals surface area contributed by atoms with Gasteiger partial charge in [0.2, 0.25) is 0 Å². The number of rotatable bonds is 10. The zero-order chi connectivity index (χ0) is 43.1. The molecule has 0 saturated carbocycles. The maximum absolute atomic E-state index is 14.7. The molecule has 0 amide bonds. The Balaban J connectivity index is 1.07. The summed E-state index contributed by atoms with van der Waals surface area (Å²) in [6, 6.07) is 48.9. The average Bonchev–Trinajstić information content (AvgIpc) is 3.24. The highest BCUT2D eigenvalue weighted by Crippen LogP contribution is 2.47. The van der Waals surface area contributed by atoms with E-state index in [0.717, 1.165) is 66.1 Å². The van der Waals surface area contributed by atoms with Crippen molar-refractivity contribution in [3.8, 4) is 67.5 Å². The monoisotopic (exact) mass is 802 g/mol. The Kier molecular flexibility index (Phi) is 11.2. The highest BCUT2D eigenvalue weighted by Gasteiger charge is 2.22. The summed E-state index contributed by atoms with van der Waals surface area (Å²) < 4.78 is 13.0. The highest BCUT2D eigenvalue weighted by molar-refractivity contribution is 6.02. The van der Waals surface area contributed by atoms with Gasteiger partial charge in [-0.2, -0.15) is 0 Å². The quantitative estimate of drug-likeness (QED) is 0.129. The van der Waals surface area contributed by atoms with E-state index in [2.05, 4.69) is 116 Å². The van der Waals surface area contributed by atoms with Crippen LogP contribution in [0, 0.1) is 13.8 Å². The van der Waals surface area contributed by atoms with Crippen LogP contribution in [0.5, 0.6) is 23.0 Å². The Hall–Kier alpha value is -6.52. The smallest absolute Gasteiger partial charge is 0.127 e. The van der Waals surface area contributed by atoms with Crippen molar-refractivity contribution >= 4 is 21.5 Å². The van der Waals surface area contributed by atoms with Gasteiger partial charge in [-0.15, -0.1) is 0 Å². The lowest BCUT2D eigenvalue weighted by atomic mass is 9.81. The van der Waals surface area contributed by atoms with Gasteiger partial charge in [0.25, 0.3) is 0 Å². The minimum absolute atomic E-state index is 0.0181. The predicted octanol–water partition coefficient (Wildman–Crippen LogP) is 13.9. The number of hydrogen-bond donors (Lipinski definition) is 0. The van der Waals surface area contributed by atoms with E-state index < -0.39 is 0 Å². The molecule has 8 aromatic carbocycles. The maximum atomic E-state index is 14.7. The van der Waals surface area contributed by atoms with E-state index >= 15 is 0 Å². The number of hydrogen-bond acceptors (Lipinski definition) is 4. The standard InChI is InChI=1S/C57H56O4/c1-36-26-28-38-18-9-11-20-42(38)52(36)48-34-40(56(3,4)5)32-46(54(48)58)44-22-13-15-24-50(44)60-30-17-31-61-51-25-16-14-23-45(51)47-33-41(57(6,7)8)35-49(55(47)59)53-37(2)27-29-39-19-10-12-21-43(39)53/h9-16,18-29,32-35,58-59H,17,30-31H2,1-8H3/p-2. The molecule has 0 aliphatic carbocycles. The van der Waals surface area contributed by atoms with Gasteiger partial charge in [0.1, 0.15) is 11.5 Å². The fraction of sp³-hybridized carbons (Fsp3) is 0.228. The number of fused-ring (bicyclic) bond motifs is 2. The normalized spacial score (nSPS) is 11.9. The molecule has 0 aromatic heterocycles. The lowest BCUT2D eigenvalue weighted by molar-refractivity contribution is -0.267. The highest BCUT2D eigenvalue weighted by atomic mass is 16.5. The molecule has 0 unspecified atom stereocenters. The van der Waals surface area contributed by atoms with E-state index in [0.29, 0.717) is 53.4 Å². The van der Waals surface area contributed by atoms with Crippen LogP contribution in [0.2, 0.25) is 0 Å². The van der Waals surface area contributed by atoms with Gasteiger partial charge in [0.15, 0.2) is 0 Å². The fourth-order valence-corrected chi connectivity index (χ4v) is 8.42. The lowest BCUT2D eigenvalue weighted by Gasteiger charge is -2.28. The van der Waals surface area contributed by atoms with Crippen LogP contribution in [0.25, 0.3) is 66.1 Å². The Morgan fingerprint density at radius 2 is 0.770 bits per heavy atom. The molecule has 0 heterocycles. The van der Waals surface area contributed by atoms with Gasteiger partial charge in [0, 0.05) is 17.5 Å². The van der Waals surface area contributed by atoms with Crippen molar-refractivity contribution in [2.24, 2.45) is 0 Å². The Bertz CT molecular complexity index is 2710. The molecule has 0 aliphatic rings. The third kappa shape index (κ3) is 8.20. The molecule has 8 aromatic rings. The number of benzene rings is 8. The van der Waals surface area contributed by atoms with Gasteiger partial charge in [0.05, 0.1) is 13.2 Å². The summed E-state index contributed by atoms with van der Waals surface area (Å²) in [5.74, 6) is 1.27.